The number of aryl methyl sites for hydroxylation is 1. The zero-order valence-electron chi connectivity index (χ0n) is 23.4. The average Bonchev–Trinajstić information content (AvgIpc) is 3.75. The molecule has 1 aromatic heterocycles. The van der Waals surface area contributed by atoms with Gasteiger partial charge in [-0.1, -0.05) is 43.2 Å². The van der Waals surface area contributed by atoms with Crippen LogP contribution in [-0.4, -0.2) is 51.9 Å². The summed E-state index contributed by atoms with van der Waals surface area (Å²) in [5, 5.41) is 22.0. The molecule has 3 N–H and O–H groups in total. The minimum Gasteiger partial charge on any atom is -0.390 e. The van der Waals surface area contributed by atoms with E-state index in [4.69, 9.17) is 0 Å². The molecule has 2 amide bonds. The van der Waals surface area contributed by atoms with Crippen molar-refractivity contribution in [3.05, 3.63) is 83.2 Å². The standard InChI is InChI=1S/C32H41N5O3/c1-2-36-22-24(20-34-36)19-33-21-30(38)29(15-23-9-4-3-5-10-23)35-32(40)27-16-26(25-11-6-7-12-25)17-28(18-27)37-14-8-13-31(37)39/h3-5,9-10,16-18,20,22,25,29-30,33,38H,2,6-8,11-15,19,21H2,1H3,(H,35,40)/t29-,30+/m0/s1. The average molecular weight is 544 g/mol. The fourth-order valence-electron chi connectivity index (χ4n) is 5.92. The first-order valence-corrected chi connectivity index (χ1v) is 14.7. The summed E-state index contributed by atoms with van der Waals surface area (Å²) in [4.78, 5) is 28.1. The highest BCUT2D eigenvalue weighted by atomic mass is 16.3. The van der Waals surface area contributed by atoms with Crippen molar-refractivity contribution >= 4 is 17.5 Å². The van der Waals surface area contributed by atoms with Gasteiger partial charge in [0.1, 0.15) is 0 Å². The maximum Gasteiger partial charge on any atom is 0.251 e. The highest BCUT2D eigenvalue weighted by Crippen LogP contribution is 2.37. The minimum absolute atomic E-state index is 0.114. The Balaban J connectivity index is 1.33. The van der Waals surface area contributed by atoms with Gasteiger partial charge in [0, 0.05) is 55.6 Å². The number of hydrogen-bond acceptors (Lipinski definition) is 5. The van der Waals surface area contributed by atoms with Gasteiger partial charge in [0.25, 0.3) is 5.91 Å². The van der Waals surface area contributed by atoms with E-state index in [0.29, 0.717) is 44.0 Å². The van der Waals surface area contributed by atoms with Gasteiger partial charge < -0.3 is 20.6 Å². The molecule has 1 aliphatic heterocycles. The molecule has 0 spiro atoms. The molecule has 212 valence electrons. The first kappa shape index (κ1) is 28.1. The van der Waals surface area contributed by atoms with Crippen molar-refractivity contribution in [1.29, 1.82) is 0 Å². The van der Waals surface area contributed by atoms with Gasteiger partial charge in [-0.2, -0.15) is 5.10 Å². The van der Waals surface area contributed by atoms with Crippen molar-refractivity contribution in [2.24, 2.45) is 0 Å². The number of hydrogen-bond donors (Lipinski definition) is 3. The SMILES string of the molecule is CCn1cc(CNC[C@@H](O)[C@H](Cc2ccccc2)NC(=O)c2cc(C3CCCC3)cc(N3CCCC3=O)c2)cn1. The number of anilines is 1. The molecule has 1 aliphatic carbocycles. The normalized spacial score (nSPS) is 17.4. The van der Waals surface area contributed by atoms with Crippen molar-refractivity contribution in [3.63, 3.8) is 0 Å². The van der Waals surface area contributed by atoms with E-state index in [1.54, 1.807) is 0 Å². The number of aliphatic hydroxyl groups excluding tert-OH is 1. The Kier molecular flexibility index (Phi) is 9.29. The van der Waals surface area contributed by atoms with Crippen LogP contribution in [0.1, 0.15) is 78.4 Å². The van der Waals surface area contributed by atoms with E-state index in [0.717, 1.165) is 48.2 Å². The lowest BCUT2D eigenvalue weighted by Crippen LogP contribution is -2.48. The number of carbonyl (C=O) groups is 2. The number of aliphatic hydroxyl groups is 1. The summed E-state index contributed by atoms with van der Waals surface area (Å²) < 4.78 is 1.87. The number of nitrogens with zero attached hydrogens (tertiary/aromatic N) is 3. The Morgan fingerprint density at radius 2 is 1.90 bits per heavy atom. The fourth-order valence-corrected chi connectivity index (χ4v) is 5.92. The summed E-state index contributed by atoms with van der Waals surface area (Å²) in [5.41, 5.74) is 4.58. The molecule has 3 aromatic rings. The molecule has 8 heteroatoms. The Labute approximate surface area is 236 Å². The third-order valence-electron chi connectivity index (χ3n) is 8.19. The number of rotatable bonds is 12. The van der Waals surface area contributed by atoms with E-state index in [-0.39, 0.29) is 11.8 Å². The molecule has 1 saturated heterocycles. The van der Waals surface area contributed by atoms with Crippen LogP contribution in [0.5, 0.6) is 0 Å². The summed E-state index contributed by atoms with van der Waals surface area (Å²) >= 11 is 0. The number of nitrogens with one attached hydrogen (secondary N) is 2. The molecule has 1 saturated carbocycles. The Hall–Kier alpha value is -3.49. The van der Waals surface area contributed by atoms with Crippen molar-refractivity contribution in [2.45, 2.75) is 83.0 Å². The van der Waals surface area contributed by atoms with Crippen LogP contribution in [0.2, 0.25) is 0 Å². The van der Waals surface area contributed by atoms with Crippen molar-refractivity contribution < 1.29 is 14.7 Å². The first-order valence-electron chi connectivity index (χ1n) is 14.7. The predicted octanol–water partition coefficient (Wildman–Crippen LogP) is 4.18. The van der Waals surface area contributed by atoms with Gasteiger partial charge in [-0.25, -0.2) is 0 Å². The second-order valence-corrected chi connectivity index (χ2v) is 11.1. The summed E-state index contributed by atoms with van der Waals surface area (Å²) in [6, 6.07) is 15.4. The molecule has 0 bridgehead atoms. The lowest BCUT2D eigenvalue weighted by atomic mass is 9.94. The molecule has 40 heavy (non-hydrogen) atoms. The fraction of sp³-hybridized carbons (Fsp3) is 0.469. The molecule has 5 rings (SSSR count). The lowest BCUT2D eigenvalue weighted by Gasteiger charge is -2.26. The number of amides is 2. The van der Waals surface area contributed by atoms with Crippen LogP contribution in [0.4, 0.5) is 5.69 Å². The summed E-state index contributed by atoms with van der Waals surface area (Å²) in [7, 11) is 0. The van der Waals surface area contributed by atoms with E-state index in [1.165, 1.54) is 12.8 Å². The summed E-state index contributed by atoms with van der Waals surface area (Å²) in [5.74, 6) is 0.302. The van der Waals surface area contributed by atoms with Crippen molar-refractivity contribution in [1.82, 2.24) is 20.4 Å². The second-order valence-electron chi connectivity index (χ2n) is 11.1. The maximum atomic E-state index is 13.7. The molecule has 2 aliphatic rings. The third-order valence-corrected chi connectivity index (χ3v) is 8.19. The van der Waals surface area contributed by atoms with Crippen LogP contribution in [0, 0.1) is 0 Å². The van der Waals surface area contributed by atoms with Gasteiger partial charge in [-0.3, -0.25) is 14.3 Å². The smallest absolute Gasteiger partial charge is 0.251 e. The lowest BCUT2D eigenvalue weighted by molar-refractivity contribution is -0.117. The zero-order chi connectivity index (χ0) is 27.9. The topological polar surface area (TPSA) is 99.5 Å². The van der Waals surface area contributed by atoms with Crippen LogP contribution in [-0.2, 0) is 24.3 Å². The van der Waals surface area contributed by atoms with Crippen molar-refractivity contribution in [2.75, 3.05) is 18.0 Å². The van der Waals surface area contributed by atoms with Crippen LogP contribution in [0.15, 0.2) is 60.9 Å². The summed E-state index contributed by atoms with van der Waals surface area (Å²) in [6.07, 6.45) is 9.50. The molecule has 0 unspecified atom stereocenters. The predicted molar refractivity (Wildman–Crippen MR) is 156 cm³/mol. The highest BCUT2D eigenvalue weighted by molar-refractivity contribution is 5.99. The number of benzene rings is 2. The molecular formula is C32H41N5O3. The van der Waals surface area contributed by atoms with E-state index >= 15 is 0 Å². The van der Waals surface area contributed by atoms with Crippen molar-refractivity contribution in [3.8, 4) is 0 Å². The number of aromatic nitrogens is 2. The molecule has 0 radical (unpaired) electrons. The maximum absolute atomic E-state index is 13.7. The van der Waals surface area contributed by atoms with E-state index < -0.39 is 12.1 Å². The van der Waals surface area contributed by atoms with Gasteiger partial charge >= 0.3 is 0 Å². The Bertz CT molecular complexity index is 1280. The Morgan fingerprint density at radius 3 is 2.60 bits per heavy atom. The van der Waals surface area contributed by atoms with E-state index in [1.807, 2.05) is 71.4 Å². The third kappa shape index (κ3) is 6.98. The van der Waals surface area contributed by atoms with Gasteiger partial charge in [0.15, 0.2) is 0 Å². The van der Waals surface area contributed by atoms with Gasteiger partial charge in [0.2, 0.25) is 5.91 Å². The monoisotopic (exact) mass is 543 g/mol. The zero-order valence-corrected chi connectivity index (χ0v) is 23.4. The number of carbonyl (C=O) groups excluding carboxylic acids is 2. The quantitative estimate of drug-likeness (QED) is 0.318. The second kappa shape index (κ2) is 13.2. The summed E-state index contributed by atoms with van der Waals surface area (Å²) in [6.45, 7) is 4.44. The first-order chi connectivity index (χ1) is 19.5. The minimum atomic E-state index is -0.803. The van der Waals surface area contributed by atoms with Crippen LogP contribution < -0.4 is 15.5 Å². The molecule has 8 nitrogen and oxygen atoms in total. The molecule has 2 atom stereocenters. The van der Waals surface area contributed by atoms with Crippen LogP contribution in [0.3, 0.4) is 0 Å². The largest absolute Gasteiger partial charge is 0.390 e. The molecule has 2 aromatic carbocycles. The molecule has 2 fully saturated rings. The van der Waals surface area contributed by atoms with Gasteiger partial charge in [-0.05, 0) is 67.9 Å². The molecular weight excluding hydrogens is 502 g/mol. The highest BCUT2D eigenvalue weighted by Gasteiger charge is 2.27. The van der Waals surface area contributed by atoms with Crippen LogP contribution >= 0.6 is 0 Å². The van der Waals surface area contributed by atoms with Crippen LogP contribution in [0.25, 0.3) is 0 Å². The van der Waals surface area contributed by atoms with Gasteiger partial charge in [-0.15, -0.1) is 0 Å². The van der Waals surface area contributed by atoms with E-state index in [2.05, 4.69) is 21.8 Å². The molecule has 2 heterocycles. The Morgan fingerprint density at radius 1 is 1.10 bits per heavy atom. The van der Waals surface area contributed by atoms with Gasteiger partial charge in [0.05, 0.1) is 18.3 Å². The van der Waals surface area contributed by atoms with E-state index in [9.17, 15) is 14.7 Å².